The summed E-state index contributed by atoms with van der Waals surface area (Å²) in [5.74, 6) is 1.35. The normalized spacial score (nSPS) is 15.3. The van der Waals surface area contributed by atoms with Crippen molar-refractivity contribution in [3.63, 3.8) is 0 Å². The summed E-state index contributed by atoms with van der Waals surface area (Å²) < 4.78 is 29.9. The number of nitrogens with zero attached hydrogens (tertiary/aromatic N) is 2. The summed E-state index contributed by atoms with van der Waals surface area (Å²) in [5, 5.41) is 5.12. The summed E-state index contributed by atoms with van der Waals surface area (Å²) in [5.41, 5.74) is 2.45. The van der Waals surface area contributed by atoms with Gasteiger partial charge in [-0.2, -0.15) is 0 Å². The second kappa shape index (κ2) is 7.47. The van der Waals surface area contributed by atoms with Gasteiger partial charge in [-0.15, -0.1) is 0 Å². The Labute approximate surface area is 157 Å². The number of fused-ring (bicyclic) bond motifs is 1. The standard InChI is InChI=1S/C21H22FN2O3/c1-3-26-18-6-4-5-17(21(18)25-2)24-11-9-14(10-12-24)20-16-8-7-15(22)13-19(16)27-23-20/h4-5,7-8,13-14H,3,9-12H2,1-2H3. The van der Waals surface area contributed by atoms with Crippen molar-refractivity contribution in [2.75, 3.05) is 31.7 Å². The lowest BCUT2D eigenvalue weighted by Gasteiger charge is -2.34. The molecule has 4 rings (SSSR count). The maximum Gasteiger partial charge on any atom is 0.184 e. The molecule has 1 radical (unpaired) electrons. The van der Waals surface area contributed by atoms with E-state index in [-0.39, 0.29) is 5.82 Å². The van der Waals surface area contributed by atoms with Crippen LogP contribution in [-0.2, 0) is 0 Å². The highest BCUT2D eigenvalue weighted by molar-refractivity contribution is 5.80. The molecular formula is C21H22FN2O3. The number of benzene rings is 2. The Balaban J connectivity index is 1.53. The van der Waals surface area contributed by atoms with Gasteiger partial charge < -0.3 is 18.9 Å². The largest absolute Gasteiger partial charge is 0.491 e. The SMILES string of the molecule is CCOc1[c]ccc(N2CCC(c3noc4cc(F)ccc34)CC2)c1OC. The lowest BCUT2D eigenvalue weighted by atomic mass is 9.91. The lowest BCUT2D eigenvalue weighted by Crippen LogP contribution is -2.33. The summed E-state index contributed by atoms with van der Waals surface area (Å²) in [6.45, 7) is 4.25. The minimum absolute atomic E-state index is 0.292. The van der Waals surface area contributed by atoms with Gasteiger partial charge in [-0.25, -0.2) is 4.39 Å². The molecule has 141 valence electrons. The van der Waals surface area contributed by atoms with Crippen LogP contribution in [0.5, 0.6) is 11.5 Å². The molecular weight excluding hydrogens is 347 g/mol. The number of rotatable bonds is 5. The number of anilines is 1. The van der Waals surface area contributed by atoms with E-state index in [0.29, 0.717) is 23.9 Å². The van der Waals surface area contributed by atoms with Gasteiger partial charge in [-0.1, -0.05) is 5.16 Å². The molecule has 2 aromatic carbocycles. The average molecular weight is 369 g/mol. The molecule has 0 amide bonds. The lowest BCUT2D eigenvalue weighted by molar-refractivity contribution is 0.310. The van der Waals surface area contributed by atoms with Crippen LogP contribution in [0.3, 0.4) is 0 Å². The van der Waals surface area contributed by atoms with E-state index in [2.05, 4.69) is 16.1 Å². The molecule has 27 heavy (non-hydrogen) atoms. The molecule has 0 spiro atoms. The Morgan fingerprint density at radius 2 is 2.11 bits per heavy atom. The van der Waals surface area contributed by atoms with Crippen LogP contribution in [0, 0.1) is 11.9 Å². The van der Waals surface area contributed by atoms with Gasteiger partial charge in [0.05, 0.1) is 25.1 Å². The topological polar surface area (TPSA) is 47.7 Å². The predicted molar refractivity (Wildman–Crippen MR) is 101 cm³/mol. The van der Waals surface area contributed by atoms with Crippen LogP contribution in [0.2, 0.25) is 0 Å². The van der Waals surface area contributed by atoms with E-state index in [0.717, 1.165) is 48.4 Å². The van der Waals surface area contributed by atoms with E-state index in [4.69, 9.17) is 14.0 Å². The van der Waals surface area contributed by atoms with E-state index in [1.807, 2.05) is 19.1 Å². The molecule has 1 aromatic heterocycles. The first-order valence-corrected chi connectivity index (χ1v) is 9.22. The molecule has 1 aliphatic heterocycles. The Kier molecular flexibility index (Phi) is 4.88. The third-order valence-corrected chi connectivity index (χ3v) is 5.07. The van der Waals surface area contributed by atoms with E-state index in [9.17, 15) is 4.39 Å². The second-order valence-electron chi connectivity index (χ2n) is 6.63. The third kappa shape index (κ3) is 3.31. The van der Waals surface area contributed by atoms with Crippen LogP contribution >= 0.6 is 0 Å². The van der Waals surface area contributed by atoms with Crippen molar-refractivity contribution in [3.05, 3.63) is 47.9 Å². The van der Waals surface area contributed by atoms with Crippen molar-refractivity contribution >= 4 is 16.7 Å². The summed E-state index contributed by atoms with van der Waals surface area (Å²) in [4.78, 5) is 2.30. The number of hydrogen-bond donors (Lipinski definition) is 0. The van der Waals surface area contributed by atoms with Crippen LogP contribution in [0.25, 0.3) is 11.0 Å². The molecule has 5 nitrogen and oxygen atoms in total. The molecule has 2 heterocycles. The number of piperidine rings is 1. The van der Waals surface area contributed by atoms with Crippen molar-refractivity contribution < 1.29 is 18.4 Å². The summed E-state index contributed by atoms with van der Waals surface area (Å²) in [7, 11) is 1.66. The van der Waals surface area contributed by atoms with E-state index >= 15 is 0 Å². The molecule has 0 N–H and O–H groups in total. The van der Waals surface area contributed by atoms with Gasteiger partial charge in [-0.3, -0.25) is 0 Å². The first-order chi connectivity index (χ1) is 13.2. The minimum Gasteiger partial charge on any atom is -0.491 e. The van der Waals surface area contributed by atoms with Gasteiger partial charge in [0.15, 0.2) is 17.1 Å². The zero-order valence-electron chi connectivity index (χ0n) is 15.5. The van der Waals surface area contributed by atoms with Gasteiger partial charge in [0, 0.05) is 36.5 Å². The Hall–Kier alpha value is -2.76. The van der Waals surface area contributed by atoms with Crippen LogP contribution in [0.4, 0.5) is 10.1 Å². The molecule has 0 atom stereocenters. The molecule has 6 heteroatoms. The molecule has 1 saturated heterocycles. The number of hydrogen-bond acceptors (Lipinski definition) is 5. The Bertz CT molecular complexity index is 932. The van der Waals surface area contributed by atoms with Gasteiger partial charge in [0.2, 0.25) is 0 Å². The average Bonchev–Trinajstić information content (AvgIpc) is 3.11. The fourth-order valence-corrected chi connectivity index (χ4v) is 3.77. The van der Waals surface area contributed by atoms with Gasteiger partial charge in [0.25, 0.3) is 0 Å². The number of ether oxygens (including phenoxy) is 2. The van der Waals surface area contributed by atoms with Crippen molar-refractivity contribution in [2.45, 2.75) is 25.7 Å². The summed E-state index contributed by atoms with van der Waals surface area (Å²) in [6.07, 6.45) is 1.87. The molecule has 1 fully saturated rings. The highest BCUT2D eigenvalue weighted by Gasteiger charge is 2.27. The van der Waals surface area contributed by atoms with Crippen molar-refractivity contribution in [3.8, 4) is 11.5 Å². The predicted octanol–water partition coefficient (Wildman–Crippen LogP) is 4.56. The summed E-state index contributed by atoms with van der Waals surface area (Å²) in [6, 6.07) is 11.6. The van der Waals surface area contributed by atoms with Crippen molar-refractivity contribution in [1.29, 1.82) is 0 Å². The van der Waals surface area contributed by atoms with Crippen LogP contribution in [0.1, 0.15) is 31.4 Å². The monoisotopic (exact) mass is 369 g/mol. The van der Waals surface area contributed by atoms with Gasteiger partial charge in [-0.05, 0) is 44.0 Å². The van der Waals surface area contributed by atoms with E-state index in [1.54, 1.807) is 13.2 Å². The molecule has 3 aromatic rings. The molecule has 0 aliphatic carbocycles. The molecule has 0 saturated carbocycles. The molecule has 0 unspecified atom stereocenters. The van der Waals surface area contributed by atoms with Gasteiger partial charge in [0.1, 0.15) is 5.82 Å². The third-order valence-electron chi connectivity index (χ3n) is 5.07. The zero-order valence-corrected chi connectivity index (χ0v) is 15.5. The van der Waals surface area contributed by atoms with Crippen LogP contribution in [0.15, 0.2) is 34.9 Å². The summed E-state index contributed by atoms with van der Waals surface area (Å²) >= 11 is 0. The smallest absolute Gasteiger partial charge is 0.184 e. The zero-order chi connectivity index (χ0) is 18.8. The van der Waals surface area contributed by atoms with Crippen LogP contribution < -0.4 is 14.4 Å². The van der Waals surface area contributed by atoms with Gasteiger partial charge >= 0.3 is 0 Å². The second-order valence-corrected chi connectivity index (χ2v) is 6.63. The van der Waals surface area contributed by atoms with Crippen LogP contribution in [-0.4, -0.2) is 32.0 Å². The van der Waals surface area contributed by atoms with Crippen molar-refractivity contribution in [2.24, 2.45) is 0 Å². The quantitative estimate of drug-likeness (QED) is 0.660. The fraction of sp³-hybridized carbons (Fsp3) is 0.381. The maximum absolute atomic E-state index is 13.4. The van der Waals surface area contributed by atoms with E-state index < -0.39 is 0 Å². The Morgan fingerprint density at radius 3 is 2.85 bits per heavy atom. The maximum atomic E-state index is 13.4. The molecule has 0 bridgehead atoms. The highest BCUT2D eigenvalue weighted by atomic mass is 19.1. The van der Waals surface area contributed by atoms with Crippen molar-refractivity contribution in [1.82, 2.24) is 5.16 Å². The first-order valence-electron chi connectivity index (χ1n) is 9.22. The number of halogens is 1. The minimum atomic E-state index is -0.307. The fourth-order valence-electron chi connectivity index (χ4n) is 3.77. The Morgan fingerprint density at radius 1 is 1.30 bits per heavy atom. The highest BCUT2D eigenvalue weighted by Crippen LogP contribution is 2.40. The number of methoxy groups -OCH3 is 1. The first kappa shape index (κ1) is 17.6. The molecule has 1 aliphatic rings. The van der Waals surface area contributed by atoms with E-state index in [1.165, 1.54) is 12.1 Å². The number of aromatic nitrogens is 1.